The van der Waals surface area contributed by atoms with E-state index < -0.39 is 0 Å². The van der Waals surface area contributed by atoms with Gasteiger partial charge in [0.15, 0.2) is 5.96 Å². The fraction of sp³-hybridized carbons (Fsp3) is 0.933. The minimum atomic E-state index is -0.0765. The number of likely N-dealkylation sites (tertiary alicyclic amines) is 1. The van der Waals surface area contributed by atoms with E-state index in [1.54, 1.807) is 0 Å². The van der Waals surface area contributed by atoms with Gasteiger partial charge in [0.2, 0.25) is 0 Å². The first kappa shape index (κ1) is 17.2. The largest absolute Gasteiger partial charge is 0.393 e. The lowest BCUT2D eigenvalue weighted by Gasteiger charge is -2.29. The van der Waals surface area contributed by atoms with Crippen LogP contribution in [0.1, 0.15) is 46.0 Å². The molecule has 0 radical (unpaired) electrons. The van der Waals surface area contributed by atoms with Crippen molar-refractivity contribution in [2.75, 3.05) is 39.3 Å². The molecular weight excluding hydrogens is 252 g/mol. The van der Waals surface area contributed by atoms with E-state index >= 15 is 0 Å². The summed E-state index contributed by atoms with van der Waals surface area (Å²) in [6, 6.07) is 0. The first-order valence-electron chi connectivity index (χ1n) is 8.18. The Morgan fingerprint density at radius 2 is 1.95 bits per heavy atom. The number of aliphatic imine (C=N–C) groups is 1. The highest BCUT2D eigenvalue weighted by atomic mass is 16.3. The fourth-order valence-corrected chi connectivity index (χ4v) is 2.35. The predicted molar refractivity (Wildman–Crippen MR) is 85.2 cm³/mol. The second-order valence-corrected chi connectivity index (χ2v) is 5.47. The summed E-state index contributed by atoms with van der Waals surface area (Å²) >= 11 is 0. The zero-order chi connectivity index (χ0) is 14.6. The van der Waals surface area contributed by atoms with E-state index in [9.17, 15) is 5.11 Å². The number of piperidine rings is 1. The lowest BCUT2D eigenvalue weighted by Crippen LogP contribution is -2.38. The molecule has 1 aliphatic rings. The Bertz CT molecular complexity index is 263. The van der Waals surface area contributed by atoms with E-state index in [0.717, 1.165) is 64.5 Å². The Hall–Kier alpha value is -0.810. The topological polar surface area (TPSA) is 59.9 Å². The van der Waals surface area contributed by atoms with Crippen LogP contribution in [0.5, 0.6) is 0 Å². The number of aliphatic hydroxyl groups excluding tert-OH is 1. The summed E-state index contributed by atoms with van der Waals surface area (Å²) in [6.45, 7) is 10.2. The molecule has 0 spiro atoms. The van der Waals surface area contributed by atoms with E-state index in [1.165, 1.54) is 12.8 Å². The number of guanidine groups is 1. The van der Waals surface area contributed by atoms with Crippen molar-refractivity contribution in [3.05, 3.63) is 0 Å². The van der Waals surface area contributed by atoms with Crippen LogP contribution in [0.25, 0.3) is 0 Å². The van der Waals surface area contributed by atoms with Gasteiger partial charge in [-0.25, -0.2) is 0 Å². The molecule has 0 aromatic heterocycles. The Labute approximate surface area is 123 Å². The van der Waals surface area contributed by atoms with Gasteiger partial charge < -0.3 is 20.6 Å². The Morgan fingerprint density at radius 3 is 2.60 bits per heavy atom. The molecule has 0 aliphatic carbocycles. The summed E-state index contributed by atoms with van der Waals surface area (Å²) in [6.07, 6.45) is 5.23. The molecule has 0 aromatic carbocycles. The van der Waals surface area contributed by atoms with Crippen molar-refractivity contribution in [2.24, 2.45) is 4.99 Å². The highest BCUT2D eigenvalue weighted by molar-refractivity contribution is 5.79. The van der Waals surface area contributed by atoms with Crippen molar-refractivity contribution in [2.45, 2.75) is 52.1 Å². The molecule has 118 valence electrons. The molecule has 1 rings (SSSR count). The molecule has 0 unspecified atom stereocenters. The standard InChI is InChI=1S/C15H32N4O/c1-3-5-9-17-15(16-4-2)18-10-6-11-19-12-7-14(20)8-13-19/h14,20H,3-13H2,1-2H3,(H2,16,17,18). The van der Waals surface area contributed by atoms with Crippen LogP contribution in [0.3, 0.4) is 0 Å². The summed E-state index contributed by atoms with van der Waals surface area (Å²) in [5.74, 6) is 0.940. The van der Waals surface area contributed by atoms with Gasteiger partial charge in [-0.05, 0) is 39.2 Å². The maximum absolute atomic E-state index is 9.47. The summed E-state index contributed by atoms with van der Waals surface area (Å²) in [5.41, 5.74) is 0. The molecule has 1 saturated heterocycles. The third-order valence-corrected chi connectivity index (χ3v) is 3.63. The Kier molecular flexibility index (Phi) is 9.41. The highest BCUT2D eigenvalue weighted by Gasteiger charge is 2.15. The maximum Gasteiger partial charge on any atom is 0.191 e. The predicted octanol–water partition coefficient (Wildman–Crippen LogP) is 1.19. The smallest absolute Gasteiger partial charge is 0.191 e. The van der Waals surface area contributed by atoms with Crippen molar-refractivity contribution in [3.8, 4) is 0 Å². The van der Waals surface area contributed by atoms with Gasteiger partial charge in [-0.15, -0.1) is 0 Å². The first-order chi connectivity index (χ1) is 9.76. The molecule has 1 aliphatic heterocycles. The molecule has 0 atom stereocenters. The van der Waals surface area contributed by atoms with Crippen LogP contribution in [0.4, 0.5) is 0 Å². The molecule has 1 fully saturated rings. The second-order valence-electron chi connectivity index (χ2n) is 5.47. The van der Waals surface area contributed by atoms with Crippen LogP contribution in [-0.2, 0) is 0 Å². The van der Waals surface area contributed by atoms with Gasteiger partial charge >= 0.3 is 0 Å². The number of rotatable bonds is 8. The average molecular weight is 284 g/mol. The van der Waals surface area contributed by atoms with Crippen molar-refractivity contribution in [1.82, 2.24) is 15.5 Å². The number of nitrogens with zero attached hydrogens (tertiary/aromatic N) is 2. The van der Waals surface area contributed by atoms with Gasteiger partial charge in [-0.3, -0.25) is 4.99 Å². The Morgan fingerprint density at radius 1 is 1.20 bits per heavy atom. The van der Waals surface area contributed by atoms with E-state index in [-0.39, 0.29) is 6.10 Å². The molecule has 0 aromatic rings. The van der Waals surface area contributed by atoms with Gasteiger partial charge in [0.25, 0.3) is 0 Å². The summed E-state index contributed by atoms with van der Waals surface area (Å²) in [4.78, 5) is 7.03. The number of unbranched alkanes of at least 4 members (excludes halogenated alkanes) is 1. The van der Waals surface area contributed by atoms with Crippen LogP contribution in [0.15, 0.2) is 4.99 Å². The van der Waals surface area contributed by atoms with Crippen LogP contribution in [0, 0.1) is 0 Å². The summed E-state index contributed by atoms with van der Waals surface area (Å²) in [5, 5.41) is 16.1. The highest BCUT2D eigenvalue weighted by Crippen LogP contribution is 2.09. The van der Waals surface area contributed by atoms with Crippen LogP contribution < -0.4 is 10.6 Å². The van der Waals surface area contributed by atoms with Crippen LogP contribution >= 0.6 is 0 Å². The van der Waals surface area contributed by atoms with E-state index in [4.69, 9.17) is 0 Å². The van der Waals surface area contributed by atoms with Gasteiger partial charge in [-0.1, -0.05) is 13.3 Å². The van der Waals surface area contributed by atoms with Crippen LogP contribution in [-0.4, -0.2) is 61.3 Å². The van der Waals surface area contributed by atoms with Crippen molar-refractivity contribution in [3.63, 3.8) is 0 Å². The zero-order valence-corrected chi connectivity index (χ0v) is 13.2. The van der Waals surface area contributed by atoms with E-state index in [1.807, 2.05) is 0 Å². The SMILES string of the molecule is CCCCNC(=NCCCN1CCC(O)CC1)NCC. The summed E-state index contributed by atoms with van der Waals surface area (Å²) < 4.78 is 0. The molecule has 0 amide bonds. The van der Waals surface area contributed by atoms with Gasteiger partial charge in [0, 0.05) is 32.7 Å². The van der Waals surface area contributed by atoms with Crippen LogP contribution in [0.2, 0.25) is 0 Å². The zero-order valence-electron chi connectivity index (χ0n) is 13.2. The number of aliphatic hydroxyl groups is 1. The quantitative estimate of drug-likeness (QED) is 0.356. The fourth-order valence-electron chi connectivity index (χ4n) is 2.35. The minimum Gasteiger partial charge on any atom is -0.393 e. The average Bonchev–Trinajstić information content (AvgIpc) is 2.45. The number of hydrogen-bond acceptors (Lipinski definition) is 3. The van der Waals surface area contributed by atoms with Crippen molar-refractivity contribution >= 4 is 5.96 Å². The lowest BCUT2D eigenvalue weighted by molar-refractivity contribution is 0.0824. The maximum atomic E-state index is 9.47. The first-order valence-corrected chi connectivity index (χ1v) is 8.18. The monoisotopic (exact) mass is 284 g/mol. The summed E-state index contributed by atoms with van der Waals surface area (Å²) in [7, 11) is 0. The molecule has 5 nitrogen and oxygen atoms in total. The van der Waals surface area contributed by atoms with Gasteiger partial charge in [0.1, 0.15) is 0 Å². The minimum absolute atomic E-state index is 0.0765. The molecule has 3 N–H and O–H groups in total. The third-order valence-electron chi connectivity index (χ3n) is 3.63. The Balaban J connectivity index is 2.15. The normalized spacial score (nSPS) is 18.2. The van der Waals surface area contributed by atoms with E-state index in [2.05, 4.69) is 34.4 Å². The molecule has 0 saturated carbocycles. The molecule has 0 bridgehead atoms. The molecule has 20 heavy (non-hydrogen) atoms. The van der Waals surface area contributed by atoms with Gasteiger partial charge in [-0.2, -0.15) is 0 Å². The lowest BCUT2D eigenvalue weighted by atomic mass is 10.1. The molecule has 5 heteroatoms. The molecular formula is C15H32N4O. The van der Waals surface area contributed by atoms with E-state index in [0.29, 0.717) is 0 Å². The number of nitrogens with one attached hydrogen (secondary N) is 2. The van der Waals surface area contributed by atoms with Crippen molar-refractivity contribution in [1.29, 1.82) is 0 Å². The van der Waals surface area contributed by atoms with Gasteiger partial charge in [0.05, 0.1) is 6.10 Å². The van der Waals surface area contributed by atoms with Crippen molar-refractivity contribution < 1.29 is 5.11 Å². The third kappa shape index (κ3) is 7.70. The number of hydrogen-bond donors (Lipinski definition) is 3. The second kappa shape index (κ2) is 10.9. The molecule has 1 heterocycles.